The van der Waals surface area contributed by atoms with Gasteiger partial charge in [0.05, 0.1) is 6.04 Å². The summed E-state index contributed by atoms with van der Waals surface area (Å²) in [5, 5.41) is 6.42. The third kappa shape index (κ3) is 6.26. The standard InChI is InChI=1S/C27H30N4O2/c1-20(32)30-25(17-22-8-5-9-24(16-22)23-10-12-28-13-11-23)18-26-27(33)31(15-14-29-26)19-21-6-3-2-4-7-21/h2-13,16,25-26,29H,14-15,17-19H2,1H3,(H,30,32)/t25-,26-/m0/s1. The molecule has 1 aromatic heterocycles. The molecule has 0 radical (unpaired) electrons. The highest BCUT2D eigenvalue weighted by molar-refractivity contribution is 5.83. The van der Waals surface area contributed by atoms with Crippen molar-refractivity contribution in [3.05, 3.63) is 90.3 Å². The van der Waals surface area contributed by atoms with Gasteiger partial charge in [0.25, 0.3) is 0 Å². The first-order valence-corrected chi connectivity index (χ1v) is 11.4. The van der Waals surface area contributed by atoms with E-state index < -0.39 is 0 Å². The van der Waals surface area contributed by atoms with Crippen molar-refractivity contribution in [2.75, 3.05) is 13.1 Å². The highest BCUT2D eigenvalue weighted by Crippen LogP contribution is 2.21. The van der Waals surface area contributed by atoms with Gasteiger partial charge in [-0.15, -0.1) is 0 Å². The van der Waals surface area contributed by atoms with Gasteiger partial charge < -0.3 is 15.5 Å². The molecule has 2 aromatic carbocycles. The molecule has 2 heterocycles. The number of piperazine rings is 1. The first kappa shape index (κ1) is 22.7. The maximum Gasteiger partial charge on any atom is 0.240 e. The maximum atomic E-state index is 13.2. The Morgan fingerprint density at radius 3 is 2.58 bits per heavy atom. The fourth-order valence-electron chi connectivity index (χ4n) is 4.41. The van der Waals surface area contributed by atoms with E-state index >= 15 is 0 Å². The van der Waals surface area contributed by atoms with Crippen LogP contribution in [0.1, 0.15) is 24.5 Å². The summed E-state index contributed by atoms with van der Waals surface area (Å²) in [6.45, 7) is 3.56. The molecule has 2 atom stereocenters. The van der Waals surface area contributed by atoms with E-state index in [2.05, 4.69) is 33.8 Å². The minimum absolute atomic E-state index is 0.0883. The van der Waals surface area contributed by atoms with Gasteiger partial charge in [-0.05, 0) is 47.2 Å². The Bertz CT molecular complexity index is 1070. The number of rotatable bonds is 8. The number of hydrogen-bond acceptors (Lipinski definition) is 4. The van der Waals surface area contributed by atoms with Gasteiger partial charge in [0.2, 0.25) is 11.8 Å². The summed E-state index contributed by atoms with van der Waals surface area (Å²) in [5.74, 6) is 0.000629. The van der Waals surface area contributed by atoms with Crippen LogP contribution in [0.15, 0.2) is 79.1 Å². The lowest BCUT2D eigenvalue weighted by molar-refractivity contribution is -0.137. The summed E-state index contributed by atoms with van der Waals surface area (Å²) in [6, 6.07) is 21.9. The van der Waals surface area contributed by atoms with Gasteiger partial charge in [-0.3, -0.25) is 14.6 Å². The number of benzene rings is 2. The van der Waals surface area contributed by atoms with Crippen LogP contribution in [0.3, 0.4) is 0 Å². The molecule has 2 amide bonds. The molecule has 0 spiro atoms. The Morgan fingerprint density at radius 2 is 1.82 bits per heavy atom. The van der Waals surface area contributed by atoms with E-state index in [1.807, 2.05) is 53.4 Å². The number of nitrogens with one attached hydrogen (secondary N) is 2. The van der Waals surface area contributed by atoms with Crippen LogP contribution in [0, 0.1) is 0 Å². The van der Waals surface area contributed by atoms with Crippen molar-refractivity contribution in [3.63, 3.8) is 0 Å². The van der Waals surface area contributed by atoms with Gasteiger partial charge >= 0.3 is 0 Å². The molecular formula is C27H30N4O2. The summed E-state index contributed by atoms with van der Waals surface area (Å²) in [6.07, 6.45) is 4.76. The summed E-state index contributed by atoms with van der Waals surface area (Å²) >= 11 is 0. The third-order valence-corrected chi connectivity index (χ3v) is 5.95. The molecule has 0 unspecified atom stereocenters. The number of carbonyl (C=O) groups is 2. The normalized spacial score (nSPS) is 16.9. The lowest BCUT2D eigenvalue weighted by Gasteiger charge is -2.35. The number of nitrogens with zero attached hydrogens (tertiary/aromatic N) is 2. The van der Waals surface area contributed by atoms with Gasteiger partial charge in [-0.25, -0.2) is 0 Å². The van der Waals surface area contributed by atoms with Crippen LogP contribution in [-0.2, 0) is 22.6 Å². The first-order valence-electron chi connectivity index (χ1n) is 11.4. The summed E-state index contributed by atoms with van der Waals surface area (Å²) < 4.78 is 0. The lowest BCUT2D eigenvalue weighted by atomic mass is 9.95. The van der Waals surface area contributed by atoms with Gasteiger partial charge in [-0.2, -0.15) is 0 Å². The third-order valence-electron chi connectivity index (χ3n) is 5.95. The molecule has 6 heteroatoms. The molecule has 6 nitrogen and oxygen atoms in total. The molecule has 4 rings (SSSR count). The average molecular weight is 443 g/mol. The van der Waals surface area contributed by atoms with E-state index in [0.717, 1.165) is 28.8 Å². The fourth-order valence-corrected chi connectivity index (χ4v) is 4.41. The second-order valence-corrected chi connectivity index (χ2v) is 8.53. The average Bonchev–Trinajstić information content (AvgIpc) is 2.83. The zero-order valence-electron chi connectivity index (χ0n) is 18.9. The van der Waals surface area contributed by atoms with Crippen LogP contribution >= 0.6 is 0 Å². The highest BCUT2D eigenvalue weighted by atomic mass is 16.2. The van der Waals surface area contributed by atoms with Crippen LogP contribution in [0.5, 0.6) is 0 Å². The van der Waals surface area contributed by atoms with Crippen LogP contribution in [0.2, 0.25) is 0 Å². The molecule has 1 fully saturated rings. The van der Waals surface area contributed by atoms with Gasteiger partial charge in [0, 0.05) is 45.0 Å². The smallest absolute Gasteiger partial charge is 0.240 e. The Morgan fingerprint density at radius 1 is 1.06 bits per heavy atom. The molecule has 3 aromatic rings. The molecule has 0 saturated carbocycles. The number of amides is 2. The lowest BCUT2D eigenvalue weighted by Crippen LogP contribution is -2.56. The van der Waals surface area contributed by atoms with Gasteiger partial charge in [0.1, 0.15) is 0 Å². The summed E-state index contributed by atoms with van der Waals surface area (Å²) in [4.78, 5) is 31.1. The van der Waals surface area contributed by atoms with Crippen molar-refractivity contribution in [2.45, 2.75) is 38.4 Å². The molecule has 2 N–H and O–H groups in total. The van der Waals surface area contributed by atoms with Gasteiger partial charge in [-0.1, -0.05) is 54.6 Å². The van der Waals surface area contributed by atoms with E-state index in [9.17, 15) is 9.59 Å². The monoisotopic (exact) mass is 442 g/mol. The predicted molar refractivity (Wildman–Crippen MR) is 129 cm³/mol. The zero-order valence-corrected chi connectivity index (χ0v) is 18.9. The van der Waals surface area contributed by atoms with E-state index in [-0.39, 0.29) is 23.9 Å². The van der Waals surface area contributed by atoms with Crippen molar-refractivity contribution >= 4 is 11.8 Å². The molecule has 1 saturated heterocycles. The van der Waals surface area contributed by atoms with E-state index in [1.165, 1.54) is 6.92 Å². The molecule has 1 aliphatic heterocycles. The number of carbonyl (C=O) groups excluding carboxylic acids is 2. The van der Waals surface area contributed by atoms with Crippen molar-refractivity contribution in [1.82, 2.24) is 20.5 Å². The van der Waals surface area contributed by atoms with E-state index in [1.54, 1.807) is 12.4 Å². The predicted octanol–water partition coefficient (Wildman–Crippen LogP) is 3.19. The summed E-state index contributed by atoms with van der Waals surface area (Å²) in [5.41, 5.74) is 4.45. The fraction of sp³-hybridized carbons (Fsp3) is 0.296. The Hall–Kier alpha value is -3.51. The molecular weight excluding hydrogens is 412 g/mol. The van der Waals surface area contributed by atoms with Crippen molar-refractivity contribution < 1.29 is 9.59 Å². The number of pyridine rings is 1. The molecule has 170 valence electrons. The minimum atomic E-state index is -0.317. The van der Waals surface area contributed by atoms with E-state index in [0.29, 0.717) is 25.9 Å². The second-order valence-electron chi connectivity index (χ2n) is 8.53. The molecule has 0 aliphatic carbocycles. The largest absolute Gasteiger partial charge is 0.353 e. The topological polar surface area (TPSA) is 74.3 Å². The van der Waals surface area contributed by atoms with Crippen LogP contribution in [0.4, 0.5) is 0 Å². The van der Waals surface area contributed by atoms with Gasteiger partial charge in [0.15, 0.2) is 0 Å². The van der Waals surface area contributed by atoms with Crippen LogP contribution in [0.25, 0.3) is 11.1 Å². The van der Waals surface area contributed by atoms with Crippen molar-refractivity contribution in [3.8, 4) is 11.1 Å². The Balaban J connectivity index is 1.45. The minimum Gasteiger partial charge on any atom is -0.353 e. The number of hydrogen-bond donors (Lipinski definition) is 2. The SMILES string of the molecule is CC(=O)N[C@@H](Cc1cccc(-c2ccncc2)c1)C[C@@H]1NCCN(Cc2ccccc2)C1=O. The Labute approximate surface area is 195 Å². The number of aromatic nitrogens is 1. The van der Waals surface area contributed by atoms with Crippen LogP contribution in [-0.4, -0.2) is 46.9 Å². The summed E-state index contributed by atoms with van der Waals surface area (Å²) in [7, 11) is 0. The highest BCUT2D eigenvalue weighted by Gasteiger charge is 2.30. The first-order chi connectivity index (χ1) is 16.1. The van der Waals surface area contributed by atoms with Crippen LogP contribution < -0.4 is 10.6 Å². The quantitative estimate of drug-likeness (QED) is 0.562. The van der Waals surface area contributed by atoms with Crippen molar-refractivity contribution in [2.24, 2.45) is 0 Å². The maximum absolute atomic E-state index is 13.2. The van der Waals surface area contributed by atoms with E-state index in [4.69, 9.17) is 0 Å². The zero-order chi connectivity index (χ0) is 23.0. The molecule has 1 aliphatic rings. The molecule has 0 bridgehead atoms. The van der Waals surface area contributed by atoms with Crippen molar-refractivity contribution in [1.29, 1.82) is 0 Å². The Kier molecular flexibility index (Phi) is 7.47. The second kappa shape index (κ2) is 10.9. The molecule has 33 heavy (non-hydrogen) atoms.